The van der Waals surface area contributed by atoms with Crippen LogP contribution >= 0.6 is 11.8 Å². The lowest BCUT2D eigenvalue weighted by atomic mass is 9.98. The van der Waals surface area contributed by atoms with E-state index in [2.05, 4.69) is 28.8 Å². The van der Waals surface area contributed by atoms with Crippen molar-refractivity contribution in [2.75, 3.05) is 16.7 Å². The van der Waals surface area contributed by atoms with E-state index in [1.807, 2.05) is 4.90 Å². The number of carbonyl (C=O) groups is 1. The van der Waals surface area contributed by atoms with E-state index in [4.69, 9.17) is 4.42 Å². The highest BCUT2D eigenvalue weighted by Gasteiger charge is 2.29. The number of rotatable bonds is 6. The van der Waals surface area contributed by atoms with Crippen molar-refractivity contribution in [3.8, 4) is 11.5 Å². The lowest BCUT2D eigenvalue weighted by Gasteiger charge is -2.39. The van der Waals surface area contributed by atoms with Crippen LogP contribution in [0.4, 0.5) is 5.69 Å². The van der Waals surface area contributed by atoms with E-state index in [9.17, 15) is 13.2 Å². The van der Waals surface area contributed by atoms with Gasteiger partial charge < -0.3 is 9.32 Å². The van der Waals surface area contributed by atoms with Crippen molar-refractivity contribution in [2.45, 2.75) is 50.4 Å². The molecule has 152 valence electrons. The molecular formula is C18H24N4O4S2. The van der Waals surface area contributed by atoms with Gasteiger partial charge in [0.2, 0.25) is 21.8 Å². The molecule has 1 aliphatic rings. The first-order valence-electron chi connectivity index (χ1n) is 9.08. The predicted octanol–water partition coefficient (Wildman–Crippen LogP) is 2.99. The number of likely N-dealkylation sites (tertiary alicyclic amines) is 1. The highest BCUT2D eigenvalue weighted by atomic mass is 32.2. The lowest BCUT2D eigenvalue weighted by Crippen LogP contribution is -2.48. The molecule has 1 fully saturated rings. The number of sulfonamides is 1. The number of nitrogens with zero attached hydrogens (tertiary/aromatic N) is 3. The Kier molecular flexibility index (Phi) is 6.29. The first kappa shape index (κ1) is 20.7. The van der Waals surface area contributed by atoms with E-state index in [1.54, 1.807) is 24.3 Å². The summed E-state index contributed by atoms with van der Waals surface area (Å²) in [5.41, 5.74) is 1.12. The Morgan fingerprint density at radius 1 is 1.21 bits per heavy atom. The minimum absolute atomic E-state index is 0.0839. The molecule has 1 saturated heterocycles. The first-order chi connectivity index (χ1) is 13.2. The van der Waals surface area contributed by atoms with Gasteiger partial charge in [-0.15, -0.1) is 10.2 Å². The van der Waals surface area contributed by atoms with E-state index in [0.717, 1.165) is 25.5 Å². The number of aromatic nitrogens is 2. The smallest absolute Gasteiger partial charge is 0.277 e. The number of nitrogens with one attached hydrogen (secondary N) is 1. The standard InChI is InChI=1S/C18H24N4O4S2/c1-12-5-4-6-13(2)22(12)16(23)11-27-18-20-19-17(26-18)14-7-9-15(10-8-14)21-28(3,24)25/h7-10,12-13,21H,4-6,11H2,1-3H3/t12-,13-/m0/s1. The van der Waals surface area contributed by atoms with Crippen molar-refractivity contribution in [3.63, 3.8) is 0 Å². The van der Waals surface area contributed by atoms with Crippen LogP contribution in [0.5, 0.6) is 0 Å². The van der Waals surface area contributed by atoms with Crippen molar-refractivity contribution in [2.24, 2.45) is 0 Å². The summed E-state index contributed by atoms with van der Waals surface area (Å²) in [7, 11) is -3.32. The van der Waals surface area contributed by atoms with Gasteiger partial charge >= 0.3 is 0 Å². The molecule has 10 heteroatoms. The zero-order valence-corrected chi connectivity index (χ0v) is 17.7. The summed E-state index contributed by atoms with van der Waals surface area (Å²) in [6.07, 6.45) is 4.32. The lowest BCUT2D eigenvalue weighted by molar-refractivity contribution is -0.134. The molecule has 1 amide bonds. The zero-order chi connectivity index (χ0) is 20.3. The molecule has 1 N–H and O–H groups in total. The number of benzene rings is 1. The minimum atomic E-state index is -3.32. The Bertz CT molecular complexity index is 917. The molecule has 2 atom stereocenters. The minimum Gasteiger partial charge on any atom is -0.411 e. The molecule has 0 aliphatic carbocycles. The maximum Gasteiger partial charge on any atom is 0.277 e. The number of thioether (sulfide) groups is 1. The molecular weight excluding hydrogens is 400 g/mol. The summed E-state index contributed by atoms with van der Waals surface area (Å²) in [5, 5.41) is 8.34. The van der Waals surface area contributed by atoms with Crippen molar-refractivity contribution < 1.29 is 17.6 Å². The largest absolute Gasteiger partial charge is 0.411 e. The van der Waals surface area contributed by atoms with Gasteiger partial charge in [-0.2, -0.15) is 0 Å². The molecule has 28 heavy (non-hydrogen) atoms. The number of amides is 1. The normalized spacial score (nSPS) is 20.2. The third-order valence-corrected chi connectivity index (χ3v) is 6.05. The Labute approximate surface area is 169 Å². The van der Waals surface area contributed by atoms with Crippen LogP contribution in [0.2, 0.25) is 0 Å². The fourth-order valence-corrected chi connectivity index (χ4v) is 4.59. The van der Waals surface area contributed by atoms with E-state index in [1.165, 1.54) is 11.8 Å². The van der Waals surface area contributed by atoms with Gasteiger partial charge in [-0.3, -0.25) is 9.52 Å². The molecule has 1 aliphatic heterocycles. The summed E-state index contributed by atoms with van der Waals surface area (Å²) >= 11 is 1.23. The van der Waals surface area contributed by atoms with Crippen LogP contribution in [0.25, 0.3) is 11.5 Å². The zero-order valence-electron chi connectivity index (χ0n) is 16.1. The van der Waals surface area contributed by atoms with Gasteiger partial charge in [0, 0.05) is 23.3 Å². The van der Waals surface area contributed by atoms with Gasteiger partial charge in [0.1, 0.15) is 0 Å². The SMILES string of the molecule is C[C@H]1CCC[C@H](C)N1C(=O)CSc1nnc(-c2ccc(NS(C)(=O)=O)cc2)o1. The van der Waals surface area contributed by atoms with Crippen LogP contribution in [-0.2, 0) is 14.8 Å². The van der Waals surface area contributed by atoms with Gasteiger partial charge in [-0.25, -0.2) is 8.42 Å². The van der Waals surface area contributed by atoms with Crippen LogP contribution in [0.1, 0.15) is 33.1 Å². The van der Waals surface area contributed by atoms with E-state index in [0.29, 0.717) is 22.4 Å². The van der Waals surface area contributed by atoms with E-state index < -0.39 is 10.0 Å². The first-order valence-corrected chi connectivity index (χ1v) is 12.0. The molecule has 0 bridgehead atoms. The van der Waals surface area contributed by atoms with Gasteiger partial charge in [0.25, 0.3) is 5.22 Å². The number of anilines is 1. The maximum absolute atomic E-state index is 12.6. The number of hydrogen-bond acceptors (Lipinski definition) is 7. The molecule has 0 unspecified atom stereocenters. The summed E-state index contributed by atoms with van der Waals surface area (Å²) in [6, 6.07) is 7.14. The second kappa shape index (κ2) is 8.52. The van der Waals surface area contributed by atoms with Crippen LogP contribution in [0.15, 0.2) is 33.9 Å². The van der Waals surface area contributed by atoms with Gasteiger partial charge in [-0.05, 0) is 57.4 Å². The molecule has 2 heterocycles. The number of hydrogen-bond donors (Lipinski definition) is 1. The van der Waals surface area contributed by atoms with Crippen molar-refractivity contribution >= 4 is 33.4 Å². The topological polar surface area (TPSA) is 105 Å². The average molecular weight is 425 g/mol. The van der Waals surface area contributed by atoms with Crippen molar-refractivity contribution in [1.82, 2.24) is 15.1 Å². The fraction of sp³-hybridized carbons (Fsp3) is 0.500. The van der Waals surface area contributed by atoms with Gasteiger partial charge in [-0.1, -0.05) is 11.8 Å². The summed E-state index contributed by atoms with van der Waals surface area (Å²) < 4.78 is 30.5. The molecule has 0 spiro atoms. The third kappa shape index (κ3) is 5.26. The van der Waals surface area contributed by atoms with Crippen molar-refractivity contribution in [1.29, 1.82) is 0 Å². The maximum atomic E-state index is 12.6. The Morgan fingerprint density at radius 2 is 1.86 bits per heavy atom. The monoisotopic (exact) mass is 424 g/mol. The quantitative estimate of drug-likeness (QED) is 0.711. The Morgan fingerprint density at radius 3 is 2.46 bits per heavy atom. The van der Waals surface area contributed by atoms with Gasteiger partial charge in [0.05, 0.1) is 12.0 Å². The Hall–Kier alpha value is -2.07. The van der Waals surface area contributed by atoms with Crippen LogP contribution in [0, 0.1) is 0 Å². The second-order valence-corrected chi connectivity index (χ2v) is 9.72. The molecule has 0 saturated carbocycles. The molecule has 2 aromatic rings. The van der Waals surface area contributed by atoms with Crippen LogP contribution < -0.4 is 4.72 Å². The highest BCUT2D eigenvalue weighted by molar-refractivity contribution is 7.99. The summed E-state index contributed by atoms with van der Waals surface area (Å²) in [6.45, 7) is 4.18. The average Bonchev–Trinajstić information content (AvgIpc) is 3.08. The number of piperidine rings is 1. The molecule has 0 radical (unpaired) electrons. The van der Waals surface area contributed by atoms with E-state index >= 15 is 0 Å². The third-order valence-electron chi connectivity index (χ3n) is 4.64. The fourth-order valence-electron chi connectivity index (χ4n) is 3.39. The number of carbonyl (C=O) groups excluding carboxylic acids is 1. The summed E-state index contributed by atoms with van der Waals surface area (Å²) in [4.78, 5) is 14.5. The molecule has 1 aromatic carbocycles. The molecule has 3 rings (SSSR count). The van der Waals surface area contributed by atoms with Gasteiger partial charge in [0.15, 0.2) is 0 Å². The highest BCUT2D eigenvalue weighted by Crippen LogP contribution is 2.27. The second-order valence-electron chi connectivity index (χ2n) is 7.04. The molecule has 8 nitrogen and oxygen atoms in total. The van der Waals surface area contributed by atoms with Crippen molar-refractivity contribution in [3.05, 3.63) is 24.3 Å². The molecule has 1 aromatic heterocycles. The van der Waals surface area contributed by atoms with Crippen LogP contribution in [0.3, 0.4) is 0 Å². The Balaban J connectivity index is 1.60. The van der Waals surface area contributed by atoms with Crippen LogP contribution in [-0.4, -0.2) is 53.5 Å². The predicted molar refractivity (Wildman–Crippen MR) is 109 cm³/mol. The van der Waals surface area contributed by atoms with E-state index in [-0.39, 0.29) is 23.7 Å². The summed E-state index contributed by atoms with van der Waals surface area (Å²) in [5.74, 6) is 0.661.